The second-order valence-electron chi connectivity index (χ2n) is 6.70. The van der Waals surface area contributed by atoms with Crippen molar-refractivity contribution in [2.24, 2.45) is 0 Å². The smallest absolute Gasteiger partial charge is 0.270 e. The first-order valence-electron chi connectivity index (χ1n) is 10.1. The minimum Gasteiger partial charge on any atom is -0.385 e. The molecular weight excluding hydrogens is 378 g/mol. The number of rotatable bonds is 16. The van der Waals surface area contributed by atoms with E-state index < -0.39 is 0 Å². The SMILES string of the molecule is CCCCCCC(=O)N(CCCOC)Cc1nc(C(=O)NCCCOC)cs1. The Morgan fingerprint density at radius 2 is 1.86 bits per heavy atom. The van der Waals surface area contributed by atoms with E-state index in [9.17, 15) is 9.59 Å². The molecule has 0 aliphatic carbocycles. The van der Waals surface area contributed by atoms with Crippen molar-refractivity contribution in [2.75, 3.05) is 40.5 Å². The zero-order valence-corrected chi connectivity index (χ0v) is 18.3. The van der Waals surface area contributed by atoms with Crippen LogP contribution < -0.4 is 5.32 Å². The first kappa shape index (κ1) is 24.5. The summed E-state index contributed by atoms with van der Waals surface area (Å²) in [6.45, 7) is 5.02. The lowest BCUT2D eigenvalue weighted by atomic mass is 10.1. The van der Waals surface area contributed by atoms with Gasteiger partial charge in [-0.15, -0.1) is 11.3 Å². The third-order valence-corrected chi connectivity index (χ3v) is 5.13. The highest BCUT2D eigenvalue weighted by Gasteiger charge is 2.17. The van der Waals surface area contributed by atoms with Gasteiger partial charge >= 0.3 is 0 Å². The highest BCUT2D eigenvalue weighted by atomic mass is 32.1. The second-order valence-corrected chi connectivity index (χ2v) is 7.64. The van der Waals surface area contributed by atoms with E-state index >= 15 is 0 Å². The second kappa shape index (κ2) is 15.4. The van der Waals surface area contributed by atoms with Crippen LogP contribution in [0, 0.1) is 0 Å². The van der Waals surface area contributed by atoms with Crippen molar-refractivity contribution in [3.8, 4) is 0 Å². The number of hydrogen-bond acceptors (Lipinski definition) is 6. The number of aromatic nitrogens is 1. The van der Waals surface area contributed by atoms with Gasteiger partial charge in [-0.3, -0.25) is 9.59 Å². The van der Waals surface area contributed by atoms with Crippen molar-refractivity contribution in [1.82, 2.24) is 15.2 Å². The van der Waals surface area contributed by atoms with Gasteiger partial charge in [0.2, 0.25) is 5.91 Å². The van der Waals surface area contributed by atoms with Crippen LogP contribution in [0.1, 0.15) is 67.4 Å². The van der Waals surface area contributed by atoms with Gasteiger partial charge < -0.3 is 19.7 Å². The zero-order chi connectivity index (χ0) is 20.6. The molecule has 1 rings (SSSR count). The van der Waals surface area contributed by atoms with Crippen molar-refractivity contribution < 1.29 is 19.1 Å². The number of methoxy groups -OCH3 is 2. The molecular formula is C20H35N3O4S. The van der Waals surface area contributed by atoms with E-state index in [4.69, 9.17) is 9.47 Å². The number of carbonyl (C=O) groups is 2. The molecule has 1 N–H and O–H groups in total. The fourth-order valence-corrected chi connectivity index (χ4v) is 3.50. The van der Waals surface area contributed by atoms with Crippen LogP contribution in [0.3, 0.4) is 0 Å². The van der Waals surface area contributed by atoms with Crippen molar-refractivity contribution >= 4 is 23.2 Å². The van der Waals surface area contributed by atoms with Crippen molar-refractivity contribution in [2.45, 2.75) is 58.4 Å². The predicted molar refractivity (Wildman–Crippen MR) is 112 cm³/mol. The van der Waals surface area contributed by atoms with Crippen LogP contribution >= 0.6 is 11.3 Å². The predicted octanol–water partition coefficient (Wildman–Crippen LogP) is 3.24. The summed E-state index contributed by atoms with van der Waals surface area (Å²) in [7, 11) is 3.30. The molecule has 1 heterocycles. The van der Waals surface area contributed by atoms with E-state index in [1.165, 1.54) is 11.3 Å². The number of thiazole rings is 1. The number of nitrogens with zero attached hydrogens (tertiary/aromatic N) is 2. The van der Waals surface area contributed by atoms with E-state index in [1.54, 1.807) is 19.6 Å². The summed E-state index contributed by atoms with van der Waals surface area (Å²) in [6, 6.07) is 0. The van der Waals surface area contributed by atoms with Gasteiger partial charge in [-0.2, -0.15) is 0 Å². The molecule has 1 aromatic rings. The lowest BCUT2D eigenvalue weighted by Gasteiger charge is -2.21. The van der Waals surface area contributed by atoms with Crippen LogP contribution in [0.4, 0.5) is 0 Å². The fourth-order valence-electron chi connectivity index (χ4n) is 2.71. The Labute approximate surface area is 172 Å². The Bertz CT molecular complexity index is 565. The van der Waals surface area contributed by atoms with Crippen LogP contribution in [0.25, 0.3) is 0 Å². The largest absolute Gasteiger partial charge is 0.385 e. The third kappa shape index (κ3) is 10.1. The third-order valence-electron chi connectivity index (χ3n) is 4.29. The van der Waals surface area contributed by atoms with Gasteiger partial charge in [-0.05, 0) is 19.3 Å². The summed E-state index contributed by atoms with van der Waals surface area (Å²) in [6.07, 6.45) is 6.42. The van der Waals surface area contributed by atoms with Crippen molar-refractivity contribution in [3.05, 3.63) is 16.1 Å². The fraction of sp³-hybridized carbons (Fsp3) is 0.750. The molecule has 8 heteroatoms. The zero-order valence-electron chi connectivity index (χ0n) is 17.5. The van der Waals surface area contributed by atoms with Gasteiger partial charge in [0, 0.05) is 52.3 Å². The van der Waals surface area contributed by atoms with Crippen molar-refractivity contribution in [1.29, 1.82) is 0 Å². The maximum atomic E-state index is 12.6. The average molecular weight is 414 g/mol. The molecule has 0 bridgehead atoms. The molecule has 0 aliphatic heterocycles. The molecule has 2 amide bonds. The Morgan fingerprint density at radius 1 is 1.11 bits per heavy atom. The van der Waals surface area contributed by atoms with Gasteiger partial charge in [0.1, 0.15) is 10.7 Å². The van der Waals surface area contributed by atoms with E-state index in [0.29, 0.717) is 45.0 Å². The monoisotopic (exact) mass is 413 g/mol. The summed E-state index contributed by atoms with van der Waals surface area (Å²) in [4.78, 5) is 31.0. The Morgan fingerprint density at radius 3 is 2.57 bits per heavy atom. The molecule has 0 spiro atoms. The first-order valence-corrected chi connectivity index (χ1v) is 11.0. The van der Waals surface area contributed by atoms with E-state index in [2.05, 4.69) is 17.2 Å². The topological polar surface area (TPSA) is 80.8 Å². The molecule has 0 aliphatic rings. The van der Waals surface area contributed by atoms with Crippen LogP contribution in [-0.4, -0.2) is 62.2 Å². The normalized spacial score (nSPS) is 10.8. The summed E-state index contributed by atoms with van der Waals surface area (Å²) in [5.74, 6) is -0.0385. The van der Waals surface area contributed by atoms with Gasteiger partial charge in [0.15, 0.2) is 0 Å². The molecule has 0 atom stereocenters. The number of hydrogen-bond donors (Lipinski definition) is 1. The number of unbranched alkanes of at least 4 members (excludes halogenated alkanes) is 3. The number of ether oxygens (including phenoxy) is 2. The van der Waals surface area contributed by atoms with E-state index in [1.807, 2.05) is 4.90 Å². The Kier molecular flexibility index (Phi) is 13.5. The first-order chi connectivity index (χ1) is 13.6. The summed E-state index contributed by atoms with van der Waals surface area (Å²) in [5.41, 5.74) is 0.407. The Hall–Kier alpha value is -1.51. The lowest BCUT2D eigenvalue weighted by Crippen LogP contribution is -2.32. The number of carbonyl (C=O) groups excluding carboxylic acids is 2. The molecule has 0 radical (unpaired) electrons. The summed E-state index contributed by atoms with van der Waals surface area (Å²) in [5, 5.41) is 5.36. The quantitative estimate of drug-likeness (QED) is 0.421. The summed E-state index contributed by atoms with van der Waals surface area (Å²) < 4.78 is 10.1. The van der Waals surface area contributed by atoms with Crippen LogP contribution in [0.5, 0.6) is 0 Å². The standard InChI is InChI=1S/C20H35N3O4S/c1-4-5-6-7-10-19(24)23(12-9-14-27-3)15-18-22-17(16-28-18)20(25)21-11-8-13-26-2/h16H,4-15H2,1-3H3,(H,21,25). The molecule has 0 fully saturated rings. The van der Waals surface area contributed by atoms with Gasteiger partial charge in [0.25, 0.3) is 5.91 Å². The minimum atomic E-state index is -0.185. The molecule has 0 aromatic carbocycles. The Balaban J connectivity index is 2.57. The minimum absolute atomic E-state index is 0.146. The maximum Gasteiger partial charge on any atom is 0.270 e. The van der Waals surface area contributed by atoms with Crippen LogP contribution in [-0.2, 0) is 20.8 Å². The van der Waals surface area contributed by atoms with E-state index in [0.717, 1.165) is 43.5 Å². The molecule has 160 valence electrons. The molecule has 0 unspecified atom stereocenters. The highest BCUT2D eigenvalue weighted by Crippen LogP contribution is 2.15. The molecule has 0 saturated heterocycles. The summed E-state index contributed by atoms with van der Waals surface area (Å²) >= 11 is 1.42. The van der Waals surface area contributed by atoms with Crippen LogP contribution in [0.2, 0.25) is 0 Å². The molecule has 1 aromatic heterocycles. The number of nitrogens with one attached hydrogen (secondary N) is 1. The number of amides is 2. The van der Waals surface area contributed by atoms with Crippen LogP contribution in [0.15, 0.2) is 5.38 Å². The maximum absolute atomic E-state index is 12.6. The van der Waals surface area contributed by atoms with Gasteiger partial charge in [0.05, 0.1) is 6.54 Å². The highest BCUT2D eigenvalue weighted by molar-refractivity contribution is 7.09. The van der Waals surface area contributed by atoms with Gasteiger partial charge in [-0.1, -0.05) is 26.2 Å². The van der Waals surface area contributed by atoms with Crippen molar-refractivity contribution in [3.63, 3.8) is 0 Å². The lowest BCUT2D eigenvalue weighted by molar-refractivity contribution is -0.132. The molecule has 0 saturated carbocycles. The van der Waals surface area contributed by atoms with Gasteiger partial charge in [-0.25, -0.2) is 4.98 Å². The molecule has 7 nitrogen and oxygen atoms in total. The average Bonchev–Trinajstić information content (AvgIpc) is 3.16. The molecule has 28 heavy (non-hydrogen) atoms. The van der Waals surface area contributed by atoms with E-state index in [-0.39, 0.29) is 11.8 Å².